The van der Waals surface area contributed by atoms with Crippen LogP contribution in [0.15, 0.2) is 42.5 Å². The SMILES string of the molecule is NCc1cccc(CNC(=O)C(=O)Nc2c(Cl)cccc2Cl)c1. The maximum absolute atomic E-state index is 11.9. The van der Waals surface area contributed by atoms with Gasteiger partial charge in [-0.15, -0.1) is 0 Å². The summed E-state index contributed by atoms with van der Waals surface area (Å²) in [6.07, 6.45) is 0. The number of rotatable bonds is 4. The molecule has 0 unspecified atom stereocenters. The lowest BCUT2D eigenvalue weighted by molar-refractivity contribution is -0.136. The predicted molar refractivity (Wildman–Crippen MR) is 91.3 cm³/mol. The van der Waals surface area contributed by atoms with Crippen LogP contribution in [0.1, 0.15) is 11.1 Å². The van der Waals surface area contributed by atoms with Crippen molar-refractivity contribution in [3.05, 3.63) is 63.6 Å². The number of carbonyl (C=O) groups is 2. The molecule has 0 saturated carbocycles. The van der Waals surface area contributed by atoms with Crippen LogP contribution < -0.4 is 16.4 Å². The molecule has 0 saturated heterocycles. The van der Waals surface area contributed by atoms with Gasteiger partial charge in [0.25, 0.3) is 0 Å². The fourth-order valence-electron chi connectivity index (χ4n) is 1.92. The predicted octanol–water partition coefficient (Wildman–Crippen LogP) is 2.71. The van der Waals surface area contributed by atoms with Crippen LogP contribution in [-0.2, 0) is 22.7 Å². The number of hydrogen-bond acceptors (Lipinski definition) is 3. The number of anilines is 1. The molecule has 5 nitrogen and oxygen atoms in total. The molecule has 0 bridgehead atoms. The number of amides is 2. The number of halogens is 2. The fraction of sp³-hybridized carbons (Fsp3) is 0.125. The molecule has 0 heterocycles. The zero-order valence-electron chi connectivity index (χ0n) is 12.1. The molecule has 2 amide bonds. The van der Waals surface area contributed by atoms with Gasteiger partial charge in [0.15, 0.2) is 0 Å². The van der Waals surface area contributed by atoms with Crippen molar-refractivity contribution >= 4 is 40.7 Å². The largest absolute Gasteiger partial charge is 0.344 e. The van der Waals surface area contributed by atoms with Crippen LogP contribution in [-0.4, -0.2) is 11.8 Å². The van der Waals surface area contributed by atoms with Gasteiger partial charge in [-0.05, 0) is 23.3 Å². The van der Waals surface area contributed by atoms with Gasteiger partial charge >= 0.3 is 11.8 Å². The van der Waals surface area contributed by atoms with Crippen LogP contribution in [0.5, 0.6) is 0 Å². The molecule has 0 radical (unpaired) electrons. The van der Waals surface area contributed by atoms with Gasteiger partial charge in [-0.1, -0.05) is 53.5 Å². The highest BCUT2D eigenvalue weighted by molar-refractivity contribution is 6.44. The van der Waals surface area contributed by atoms with E-state index >= 15 is 0 Å². The van der Waals surface area contributed by atoms with E-state index in [1.165, 1.54) is 0 Å². The third-order valence-electron chi connectivity index (χ3n) is 3.09. The molecule has 0 aliphatic rings. The van der Waals surface area contributed by atoms with Crippen LogP contribution in [0.2, 0.25) is 10.0 Å². The van der Waals surface area contributed by atoms with E-state index in [2.05, 4.69) is 10.6 Å². The molecule has 0 atom stereocenters. The van der Waals surface area contributed by atoms with E-state index in [9.17, 15) is 9.59 Å². The number of benzene rings is 2. The molecule has 2 rings (SSSR count). The van der Waals surface area contributed by atoms with Gasteiger partial charge in [-0.25, -0.2) is 0 Å². The van der Waals surface area contributed by atoms with E-state index in [0.29, 0.717) is 6.54 Å². The van der Waals surface area contributed by atoms with E-state index in [0.717, 1.165) is 11.1 Å². The quantitative estimate of drug-likeness (QED) is 0.740. The van der Waals surface area contributed by atoms with Gasteiger partial charge in [-0.3, -0.25) is 9.59 Å². The third-order valence-corrected chi connectivity index (χ3v) is 3.72. The summed E-state index contributed by atoms with van der Waals surface area (Å²) in [4.78, 5) is 23.8. The topological polar surface area (TPSA) is 84.2 Å². The Bertz CT molecular complexity index is 715. The minimum Gasteiger partial charge on any atom is -0.344 e. The first-order valence-corrected chi connectivity index (χ1v) is 7.58. The van der Waals surface area contributed by atoms with Gasteiger partial charge in [0.2, 0.25) is 0 Å². The van der Waals surface area contributed by atoms with Gasteiger partial charge in [0, 0.05) is 13.1 Å². The van der Waals surface area contributed by atoms with Crippen molar-refractivity contribution in [3.8, 4) is 0 Å². The van der Waals surface area contributed by atoms with Crippen molar-refractivity contribution in [2.75, 3.05) is 5.32 Å². The van der Waals surface area contributed by atoms with Crippen LogP contribution in [0.4, 0.5) is 5.69 Å². The number of para-hydroxylation sites is 1. The molecule has 7 heteroatoms. The lowest BCUT2D eigenvalue weighted by atomic mass is 10.1. The van der Waals surface area contributed by atoms with E-state index < -0.39 is 11.8 Å². The van der Waals surface area contributed by atoms with Crippen molar-refractivity contribution in [3.63, 3.8) is 0 Å². The lowest BCUT2D eigenvalue weighted by Gasteiger charge is -2.10. The molecule has 0 aliphatic heterocycles. The summed E-state index contributed by atoms with van der Waals surface area (Å²) in [6.45, 7) is 0.629. The molecule has 2 aromatic rings. The fourth-order valence-corrected chi connectivity index (χ4v) is 2.41. The van der Waals surface area contributed by atoms with E-state index in [1.54, 1.807) is 18.2 Å². The molecular weight excluding hydrogens is 337 g/mol. The second-order valence-corrected chi connectivity index (χ2v) is 5.57. The summed E-state index contributed by atoms with van der Waals surface area (Å²) in [5, 5.41) is 5.45. The first kappa shape index (κ1) is 17.3. The van der Waals surface area contributed by atoms with E-state index in [-0.39, 0.29) is 22.3 Å². The van der Waals surface area contributed by atoms with Crippen LogP contribution >= 0.6 is 23.2 Å². The first-order valence-electron chi connectivity index (χ1n) is 6.82. The number of hydrogen-bond donors (Lipinski definition) is 3. The highest BCUT2D eigenvalue weighted by Crippen LogP contribution is 2.29. The average molecular weight is 352 g/mol. The summed E-state index contributed by atoms with van der Waals surface area (Å²) >= 11 is 11.9. The molecule has 0 aliphatic carbocycles. The van der Waals surface area contributed by atoms with Gasteiger partial charge in [0.05, 0.1) is 15.7 Å². The highest BCUT2D eigenvalue weighted by atomic mass is 35.5. The summed E-state index contributed by atoms with van der Waals surface area (Å²) in [5.74, 6) is -1.62. The number of carbonyl (C=O) groups excluding carboxylic acids is 2. The van der Waals surface area contributed by atoms with Crippen LogP contribution in [0.3, 0.4) is 0 Å². The summed E-state index contributed by atoms with van der Waals surface area (Å²) in [6, 6.07) is 12.2. The Hall–Kier alpha value is -2.08. The normalized spacial score (nSPS) is 10.2. The van der Waals surface area contributed by atoms with Crippen molar-refractivity contribution in [2.24, 2.45) is 5.73 Å². The smallest absolute Gasteiger partial charge is 0.313 e. The third kappa shape index (κ3) is 4.69. The Morgan fingerprint density at radius 2 is 1.57 bits per heavy atom. The zero-order chi connectivity index (χ0) is 16.8. The Morgan fingerprint density at radius 3 is 2.22 bits per heavy atom. The molecular formula is C16H15Cl2N3O2. The molecule has 0 aromatic heterocycles. The summed E-state index contributed by atoms with van der Waals surface area (Å²) < 4.78 is 0. The molecule has 120 valence electrons. The monoisotopic (exact) mass is 351 g/mol. The molecule has 23 heavy (non-hydrogen) atoms. The maximum Gasteiger partial charge on any atom is 0.313 e. The van der Waals surface area contributed by atoms with Gasteiger partial charge < -0.3 is 16.4 Å². The van der Waals surface area contributed by atoms with Gasteiger partial charge in [-0.2, -0.15) is 0 Å². The van der Waals surface area contributed by atoms with Crippen LogP contribution in [0, 0.1) is 0 Å². The number of nitrogens with one attached hydrogen (secondary N) is 2. The molecule has 4 N–H and O–H groups in total. The molecule has 0 fully saturated rings. The standard InChI is InChI=1S/C16H15Cl2N3O2/c17-12-5-2-6-13(18)14(12)21-16(23)15(22)20-9-11-4-1-3-10(7-11)8-19/h1-7H,8-9,19H2,(H,20,22)(H,21,23). The van der Waals surface area contributed by atoms with Gasteiger partial charge in [0.1, 0.15) is 0 Å². The zero-order valence-corrected chi connectivity index (χ0v) is 13.6. The Balaban J connectivity index is 1.96. The molecule has 2 aromatic carbocycles. The lowest BCUT2D eigenvalue weighted by Crippen LogP contribution is -2.35. The highest BCUT2D eigenvalue weighted by Gasteiger charge is 2.16. The first-order chi connectivity index (χ1) is 11.0. The average Bonchev–Trinajstić information content (AvgIpc) is 2.56. The van der Waals surface area contributed by atoms with Crippen molar-refractivity contribution in [1.29, 1.82) is 0 Å². The Kier molecular flexibility index (Phi) is 5.98. The van der Waals surface area contributed by atoms with Crippen molar-refractivity contribution in [1.82, 2.24) is 5.32 Å². The minimum absolute atomic E-state index is 0.209. The minimum atomic E-state index is -0.838. The summed E-state index contributed by atoms with van der Waals surface area (Å²) in [7, 11) is 0. The second-order valence-electron chi connectivity index (χ2n) is 4.76. The van der Waals surface area contributed by atoms with Crippen molar-refractivity contribution in [2.45, 2.75) is 13.1 Å². The second kappa shape index (κ2) is 7.97. The number of nitrogens with two attached hydrogens (primary N) is 1. The maximum atomic E-state index is 11.9. The van der Waals surface area contributed by atoms with E-state index in [4.69, 9.17) is 28.9 Å². The Labute approximate surface area is 143 Å². The Morgan fingerprint density at radius 1 is 0.957 bits per heavy atom. The summed E-state index contributed by atoms with van der Waals surface area (Å²) in [5.41, 5.74) is 7.57. The molecule has 0 spiro atoms. The van der Waals surface area contributed by atoms with Crippen molar-refractivity contribution < 1.29 is 9.59 Å². The van der Waals surface area contributed by atoms with Crippen LogP contribution in [0.25, 0.3) is 0 Å². The van der Waals surface area contributed by atoms with E-state index in [1.807, 2.05) is 24.3 Å².